The number of para-hydroxylation sites is 1. The van der Waals surface area contributed by atoms with Crippen LogP contribution in [0, 0.1) is 0 Å². The van der Waals surface area contributed by atoms with Crippen molar-refractivity contribution in [2.45, 2.75) is 38.7 Å². The smallest absolute Gasteiger partial charge is 0.227 e. The number of anilines is 1. The van der Waals surface area contributed by atoms with Crippen LogP contribution >= 0.6 is 0 Å². The van der Waals surface area contributed by atoms with E-state index >= 15 is 0 Å². The minimum absolute atomic E-state index is 0.0614. The molecule has 0 spiro atoms. The van der Waals surface area contributed by atoms with E-state index in [1.165, 1.54) is 0 Å². The first kappa shape index (κ1) is 13.9. The summed E-state index contributed by atoms with van der Waals surface area (Å²) in [6.45, 7) is 2.64. The lowest BCUT2D eigenvalue weighted by atomic mass is 10.0. The van der Waals surface area contributed by atoms with Gasteiger partial charge < -0.3 is 14.7 Å². The van der Waals surface area contributed by atoms with Crippen LogP contribution < -0.4 is 4.90 Å². The number of fused-ring (bicyclic) bond motifs is 1. The molecule has 1 aliphatic heterocycles. The van der Waals surface area contributed by atoms with Crippen LogP contribution in [0.4, 0.5) is 5.69 Å². The van der Waals surface area contributed by atoms with Crippen LogP contribution in [0.1, 0.15) is 31.7 Å². The van der Waals surface area contributed by atoms with Gasteiger partial charge in [-0.1, -0.05) is 12.1 Å². The summed E-state index contributed by atoms with van der Waals surface area (Å²) >= 11 is 0. The second kappa shape index (κ2) is 6.06. The molecule has 1 unspecified atom stereocenters. The van der Waals surface area contributed by atoms with E-state index < -0.39 is 0 Å². The number of carbonyl (C=O) groups excluding carboxylic acids is 1. The third kappa shape index (κ3) is 3.07. The first-order valence-corrected chi connectivity index (χ1v) is 6.77. The predicted molar refractivity (Wildman–Crippen MR) is 74.5 cm³/mol. The molecule has 0 bridgehead atoms. The zero-order chi connectivity index (χ0) is 13.8. The molecule has 0 radical (unpaired) electrons. The second-order valence-corrected chi connectivity index (χ2v) is 5.02. The number of methoxy groups -OCH3 is 1. The molecule has 2 rings (SSSR count). The van der Waals surface area contributed by atoms with E-state index in [4.69, 9.17) is 4.74 Å². The summed E-state index contributed by atoms with van der Waals surface area (Å²) in [6, 6.07) is 5.45. The van der Waals surface area contributed by atoms with E-state index in [1.807, 2.05) is 19.1 Å². The molecule has 104 valence electrons. The van der Waals surface area contributed by atoms with Crippen molar-refractivity contribution < 1.29 is 14.6 Å². The van der Waals surface area contributed by atoms with Gasteiger partial charge in [0.25, 0.3) is 0 Å². The topological polar surface area (TPSA) is 49.8 Å². The molecule has 1 heterocycles. The number of rotatable bonds is 4. The van der Waals surface area contributed by atoms with Crippen molar-refractivity contribution in [2.24, 2.45) is 0 Å². The van der Waals surface area contributed by atoms with E-state index in [-0.39, 0.29) is 17.8 Å². The van der Waals surface area contributed by atoms with E-state index in [9.17, 15) is 9.90 Å². The third-order valence-electron chi connectivity index (χ3n) is 3.66. The number of phenols is 1. The zero-order valence-electron chi connectivity index (χ0n) is 11.6. The maximum absolute atomic E-state index is 12.3. The highest BCUT2D eigenvalue weighted by atomic mass is 16.5. The van der Waals surface area contributed by atoms with Crippen molar-refractivity contribution >= 4 is 11.6 Å². The Bertz CT molecular complexity index is 459. The lowest BCUT2D eigenvalue weighted by Crippen LogP contribution is -2.35. The van der Waals surface area contributed by atoms with Gasteiger partial charge >= 0.3 is 0 Å². The fraction of sp³-hybridized carbons (Fsp3) is 0.533. The van der Waals surface area contributed by atoms with Gasteiger partial charge in [0.05, 0.1) is 11.8 Å². The average molecular weight is 263 g/mol. The molecule has 1 aromatic rings. The first-order valence-electron chi connectivity index (χ1n) is 6.77. The Labute approximate surface area is 114 Å². The summed E-state index contributed by atoms with van der Waals surface area (Å²) in [6.07, 6.45) is 3.10. The molecule has 4 heteroatoms. The molecule has 4 nitrogen and oxygen atoms in total. The van der Waals surface area contributed by atoms with Crippen LogP contribution in [0.25, 0.3) is 0 Å². The number of ether oxygens (including phenoxy) is 1. The number of hydrogen-bond acceptors (Lipinski definition) is 3. The molecule has 0 fully saturated rings. The Balaban J connectivity index is 2.12. The molecule has 1 amide bonds. The number of phenolic OH excluding ortho intramolecular Hbond substituents is 1. The maximum Gasteiger partial charge on any atom is 0.227 e. The lowest BCUT2D eigenvalue weighted by Gasteiger charge is -2.30. The Hall–Kier alpha value is -1.55. The second-order valence-electron chi connectivity index (χ2n) is 5.02. The number of aromatic hydroxyl groups is 1. The van der Waals surface area contributed by atoms with Gasteiger partial charge in [-0.3, -0.25) is 4.79 Å². The van der Waals surface area contributed by atoms with Crippen LogP contribution in [0.5, 0.6) is 5.75 Å². The highest BCUT2D eigenvalue weighted by molar-refractivity contribution is 5.96. The van der Waals surface area contributed by atoms with Gasteiger partial charge in [0.15, 0.2) is 0 Å². The van der Waals surface area contributed by atoms with Crippen LogP contribution in [-0.2, 0) is 16.0 Å². The quantitative estimate of drug-likeness (QED) is 0.908. The van der Waals surface area contributed by atoms with Crippen LogP contribution in [0.15, 0.2) is 18.2 Å². The monoisotopic (exact) mass is 263 g/mol. The Morgan fingerprint density at radius 3 is 3.05 bits per heavy atom. The Morgan fingerprint density at radius 1 is 1.53 bits per heavy atom. The molecule has 1 N–H and O–H groups in total. The number of carbonyl (C=O) groups is 1. The van der Waals surface area contributed by atoms with Gasteiger partial charge in [0.1, 0.15) is 5.75 Å². The predicted octanol–water partition coefficient (Wildman–Crippen LogP) is 2.49. The summed E-state index contributed by atoms with van der Waals surface area (Å²) in [7, 11) is 1.65. The van der Waals surface area contributed by atoms with Gasteiger partial charge in [0.2, 0.25) is 5.91 Å². The Morgan fingerprint density at radius 2 is 2.32 bits per heavy atom. The number of hydrogen-bond donors (Lipinski definition) is 1. The SMILES string of the molecule is COC(C)CCC(=O)N1CCCc2cccc(O)c21. The normalized spacial score (nSPS) is 16.0. The van der Waals surface area contributed by atoms with Crippen molar-refractivity contribution in [1.29, 1.82) is 0 Å². The summed E-state index contributed by atoms with van der Waals surface area (Å²) in [4.78, 5) is 14.0. The summed E-state index contributed by atoms with van der Waals surface area (Å²) in [5, 5.41) is 9.98. The molecular weight excluding hydrogens is 242 g/mol. The van der Waals surface area contributed by atoms with Crippen molar-refractivity contribution in [1.82, 2.24) is 0 Å². The molecular formula is C15H21NO3. The van der Waals surface area contributed by atoms with Gasteiger partial charge in [0, 0.05) is 20.1 Å². The summed E-state index contributed by atoms with van der Waals surface area (Å²) in [5.74, 6) is 0.261. The maximum atomic E-state index is 12.3. The summed E-state index contributed by atoms with van der Waals surface area (Å²) < 4.78 is 5.16. The van der Waals surface area contributed by atoms with Crippen LogP contribution in [0.3, 0.4) is 0 Å². The van der Waals surface area contributed by atoms with Crippen molar-refractivity contribution in [3.8, 4) is 5.75 Å². The van der Waals surface area contributed by atoms with Crippen molar-refractivity contribution in [2.75, 3.05) is 18.6 Å². The highest BCUT2D eigenvalue weighted by Gasteiger charge is 2.25. The van der Waals surface area contributed by atoms with E-state index in [0.29, 0.717) is 25.1 Å². The average Bonchev–Trinajstić information content (AvgIpc) is 2.44. The number of aryl methyl sites for hydroxylation is 1. The first-order chi connectivity index (χ1) is 9.13. The largest absolute Gasteiger partial charge is 0.506 e. The molecule has 0 aliphatic carbocycles. The van der Waals surface area contributed by atoms with Crippen LogP contribution in [-0.4, -0.2) is 30.8 Å². The molecule has 0 aromatic heterocycles. The lowest BCUT2D eigenvalue weighted by molar-refractivity contribution is -0.119. The number of benzene rings is 1. The molecule has 19 heavy (non-hydrogen) atoms. The minimum Gasteiger partial charge on any atom is -0.506 e. The minimum atomic E-state index is 0.0614. The molecule has 1 atom stereocenters. The fourth-order valence-electron chi connectivity index (χ4n) is 2.46. The van der Waals surface area contributed by atoms with Gasteiger partial charge in [-0.2, -0.15) is 0 Å². The Kier molecular flexibility index (Phi) is 4.43. The summed E-state index contributed by atoms with van der Waals surface area (Å²) in [5.41, 5.74) is 1.75. The van der Waals surface area contributed by atoms with Gasteiger partial charge in [-0.05, 0) is 37.8 Å². The van der Waals surface area contributed by atoms with Crippen molar-refractivity contribution in [3.05, 3.63) is 23.8 Å². The molecule has 1 aliphatic rings. The number of amides is 1. The zero-order valence-corrected chi connectivity index (χ0v) is 11.6. The van der Waals surface area contributed by atoms with E-state index in [2.05, 4.69) is 0 Å². The van der Waals surface area contributed by atoms with Crippen LogP contribution in [0.2, 0.25) is 0 Å². The number of nitrogens with zero attached hydrogens (tertiary/aromatic N) is 1. The standard InChI is InChI=1S/C15H21NO3/c1-11(19-2)8-9-14(18)16-10-4-6-12-5-3-7-13(17)15(12)16/h3,5,7,11,17H,4,6,8-10H2,1-2H3. The fourth-order valence-corrected chi connectivity index (χ4v) is 2.46. The molecule has 0 saturated carbocycles. The third-order valence-corrected chi connectivity index (χ3v) is 3.66. The van der Waals surface area contributed by atoms with E-state index in [1.54, 1.807) is 18.1 Å². The molecule has 0 saturated heterocycles. The van der Waals surface area contributed by atoms with Gasteiger partial charge in [-0.25, -0.2) is 0 Å². The van der Waals surface area contributed by atoms with E-state index in [0.717, 1.165) is 18.4 Å². The van der Waals surface area contributed by atoms with Crippen molar-refractivity contribution in [3.63, 3.8) is 0 Å². The van der Waals surface area contributed by atoms with Gasteiger partial charge in [-0.15, -0.1) is 0 Å². The highest BCUT2D eigenvalue weighted by Crippen LogP contribution is 2.35. The molecule has 1 aromatic carbocycles.